The molecule has 3 aliphatic heterocycles. The zero-order valence-electron chi connectivity index (χ0n) is 10.6. The summed E-state index contributed by atoms with van der Waals surface area (Å²) in [6, 6.07) is 7.43. The van der Waals surface area contributed by atoms with E-state index >= 15 is 0 Å². The average Bonchev–Trinajstić information content (AvgIpc) is 2.40. The predicted octanol–water partition coefficient (Wildman–Crippen LogP) is 2.59. The zero-order chi connectivity index (χ0) is 12.5. The lowest BCUT2D eigenvalue weighted by Crippen LogP contribution is -2.57. The Morgan fingerprint density at radius 1 is 1.32 bits per heavy atom. The number of fused-ring (bicyclic) bond motifs is 3. The highest BCUT2D eigenvalue weighted by atomic mass is 35.5. The summed E-state index contributed by atoms with van der Waals surface area (Å²) in [6.07, 6.45) is 2.42. The minimum absolute atomic E-state index is 0. The fourth-order valence-electron chi connectivity index (χ4n) is 3.01. The fraction of sp³-hybridized carbons (Fsp3) is 0.500. The largest absolute Gasteiger partial charge is 0.348 e. The lowest BCUT2D eigenvalue weighted by molar-refractivity contribution is 0.0620. The molecule has 3 aliphatic rings. The molecule has 2 bridgehead atoms. The summed E-state index contributed by atoms with van der Waals surface area (Å²) in [6.45, 7) is 3.37. The Balaban J connectivity index is 0.00000133. The van der Waals surface area contributed by atoms with Gasteiger partial charge in [0.25, 0.3) is 5.91 Å². The number of carbonyl (C=O) groups is 1. The highest BCUT2D eigenvalue weighted by molar-refractivity contribution is 6.30. The molecule has 19 heavy (non-hydrogen) atoms. The maximum absolute atomic E-state index is 12.2. The van der Waals surface area contributed by atoms with E-state index in [1.54, 1.807) is 12.1 Å². The maximum atomic E-state index is 12.2. The molecule has 0 saturated carbocycles. The van der Waals surface area contributed by atoms with Crippen LogP contribution in [0.2, 0.25) is 5.02 Å². The summed E-state index contributed by atoms with van der Waals surface area (Å²) < 4.78 is 0. The second-order valence-corrected chi connectivity index (χ2v) is 5.66. The Morgan fingerprint density at radius 2 is 2.05 bits per heavy atom. The van der Waals surface area contributed by atoms with Gasteiger partial charge in [-0.1, -0.05) is 17.7 Å². The van der Waals surface area contributed by atoms with E-state index in [9.17, 15) is 4.79 Å². The van der Waals surface area contributed by atoms with Crippen molar-refractivity contribution >= 4 is 29.9 Å². The molecule has 3 saturated heterocycles. The number of carbonyl (C=O) groups excluding carboxylic acids is 1. The molecule has 0 unspecified atom stereocenters. The average molecular weight is 301 g/mol. The molecule has 4 rings (SSSR count). The van der Waals surface area contributed by atoms with Crippen LogP contribution in [0.1, 0.15) is 23.2 Å². The Morgan fingerprint density at radius 3 is 2.63 bits per heavy atom. The minimum atomic E-state index is -0.00347. The van der Waals surface area contributed by atoms with Gasteiger partial charge in [-0.3, -0.25) is 4.79 Å². The number of hydrogen-bond acceptors (Lipinski definition) is 2. The molecule has 0 spiro atoms. The third-order valence-electron chi connectivity index (χ3n) is 4.06. The van der Waals surface area contributed by atoms with Crippen molar-refractivity contribution in [3.8, 4) is 0 Å². The van der Waals surface area contributed by atoms with Gasteiger partial charge in [0.05, 0.1) is 0 Å². The highest BCUT2D eigenvalue weighted by Crippen LogP contribution is 2.27. The van der Waals surface area contributed by atoms with Crippen LogP contribution < -0.4 is 5.32 Å². The van der Waals surface area contributed by atoms with Gasteiger partial charge in [0.15, 0.2) is 0 Å². The van der Waals surface area contributed by atoms with E-state index in [0.29, 0.717) is 22.5 Å². The molecule has 0 aliphatic carbocycles. The Hall–Kier alpha value is -0.770. The third kappa shape index (κ3) is 3.22. The van der Waals surface area contributed by atoms with Crippen LogP contribution in [0.15, 0.2) is 24.3 Å². The van der Waals surface area contributed by atoms with E-state index in [-0.39, 0.29) is 18.3 Å². The van der Waals surface area contributed by atoms with Crippen LogP contribution in [0, 0.1) is 5.92 Å². The van der Waals surface area contributed by atoms with Gasteiger partial charge >= 0.3 is 0 Å². The van der Waals surface area contributed by atoms with Crippen LogP contribution in [0.3, 0.4) is 0 Å². The van der Waals surface area contributed by atoms with Crippen molar-refractivity contribution < 1.29 is 4.79 Å². The highest BCUT2D eigenvalue weighted by Gasteiger charge is 2.34. The number of hydrogen-bond donors (Lipinski definition) is 1. The van der Waals surface area contributed by atoms with Gasteiger partial charge in [0, 0.05) is 23.2 Å². The molecule has 0 radical (unpaired) electrons. The predicted molar refractivity (Wildman–Crippen MR) is 79.1 cm³/mol. The molecule has 104 valence electrons. The first-order valence-electron chi connectivity index (χ1n) is 6.51. The Bertz CT molecular complexity index is 459. The van der Waals surface area contributed by atoms with Crippen molar-refractivity contribution in [1.82, 2.24) is 10.2 Å². The number of nitrogens with zero attached hydrogens (tertiary/aromatic N) is 1. The third-order valence-corrected chi connectivity index (χ3v) is 4.29. The molecule has 3 fully saturated rings. The second-order valence-electron chi connectivity index (χ2n) is 5.23. The van der Waals surface area contributed by atoms with Crippen molar-refractivity contribution in [1.29, 1.82) is 0 Å². The van der Waals surface area contributed by atoms with E-state index in [1.165, 1.54) is 25.9 Å². The van der Waals surface area contributed by atoms with Gasteiger partial charge in [-0.25, -0.2) is 0 Å². The van der Waals surface area contributed by atoms with Crippen LogP contribution >= 0.6 is 24.0 Å². The molecular weight excluding hydrogens is 283 g/mol. The van der Waals surface area contributed by atoms with Crippen LogP contribution in [-0.4, -0.2) is 36.5 Å². The van der Waals surface area contributed by atoms with Crippen molar-refractivity contribution in [3.05, 3.63) is 34.9 Å². The summed E-state index contributed by atoms with van der Waals surface area (Å²) in [4.78, 5) is 14.6. The van der Waals surface area contributed by atoms with Gasteiger partial charge < -0.3 is 10.2 Å². The van der Waals surface area contributed by atoms with Crippen molar-refractivity contribution in [2.45, 2.75) is 18.9 Å². The first kappa shape index (κ1) is 14.6. The summed E-state index contributed by atoms with van der Waals surface area (Å²) in [5.41, 5.74) is 0.652. The molecule has 5 heteroatoms. The number of rotatable bonds is 2. The molecule has 3 nitrogen and oxygen atoms in total. The Kier molecular flexibility index (Phi) is 4.71. The summed E-state index contributed by atoms with van der Waals surface area (Å²) in [7, 11) is 0. The number of benzene rings is 1. The Labute approximate surface area is 124 Å². The number of nitrogens with one attached hydrogen (secondary N) is 1. The quantitative estimate of drug-likeness (QED) is 0.910. The summed E-state index contributed by atoms with van der Waals surface area (Å²) in [5.74, 6) is 0.648. The topological polar surface area (TPSA) is 32.3 Å². The van der Waals surface area contributed by atoms with Crippen LogP contribution in [0.5, 0.6) is 0 Å². The first-order valence-corrected chi connectivity index (χ1v) is 6.89. The second kappa shape index (κ2) is 6.12. The molecule has 1 amide bonds. The van der Waals surface area contributed by atoms with Crippen LogP contribution in [0.4, 0.5) is 0 Å². The smallest absolute Gasteiger partial charge is 0.251 e. The van der Waals surface area contributed by atoms with Crippen LogP contribution in [-0.2, 0) is 0 Å². The molecular formula is C14H18Cl2N2O. The van der Waals surface area contributed by atoms with E-state index < -0.39 is 0 Å². The van der Waals surface area contributed by atoms with Gasteiger partial charge in [0.1, 0.15) is 0 Å². The maximum Gasteiger partial charge on any atom is 0.251 e. The monoisotopic (exact) mass is 300 g/mol. The first-order chi connectivity index (χ1) is 8.72. The number of amides is 1. The van der Waals surface area contributed by atoms with Gasteiger partial charge in [-0.05, 0) is 50.0 Å². The van der Waals surface area contributed by atoms with Crippen molar-refractivity contribution in [2.24, 2.45) is 5.92 Å². The molecule has 0 aromatic heterocycles. The molecule has 3 heterocycles. The lowest BCUT2D eigenvalue weighted by atomic mass is 9.84. The van der Waals surface area contributed by atoms with Gasteiger partial charge in [-0.2, -0.15) is 0 Å². The summed E-state index contributed by atoms with van der Waals surface area (Å²) >= 11 is 5.91. The molecule has 1 atom stereocenters. The molecule has 1 N–H and O–H groups in total. The van der Waals surface area contributed by atoms with Crippen LogP contribution in [0.25, 0.3) is 0 Å². The van der Waals surface area contributed by atoms with Crippen molar-refractivity contribution in [3.63, 3.8) is 0 Å². The SMILES string of the molecule is Cl.O=C(N[C@H]1CN2CCC1CC2)c1cccc(Cl)c1. The number of halogens is 2. The number of piperidine rings is 3. The fourth-order valence-corrected chi connectivity index (χ4v) is 3.20. The standard InChI is InChI=1S/C14H17ClN2O.ClH/c15-12-3-1-2-11(8-12)14(18)16-13-9-17-6-4-10(13)5-7-17;/h1-3,8,10,13H,4-7,9H2,(H,16,18);1H/t13-;/m0./s1. The zero-order valence-corrected chi connectivity index (χ0v) is 12.2. The molecule has 1 aromatic rings. The van der Waals surface area contributed by atoms with E-state index in [1.807, 2.05) is 12.1 Å². The minimum Gasteiger partial charge on any atom is -0.348 e. The van der Waals surface area contributed by atoms with Gasteiger partial charge in [-0.15, -0.1) is 12.4 Å². The molecule has 1 aromatic carbocycles. The van der Waals surface area contributed by atoms with E-state index in [0.717, 1.165) is 6.54 Å². The summed E-state index contributed by atoms with van der Waals surface area (Å²) in [5, 5.41) is 3.76. The normalized spacial score (nSPS) is 28.6. The van der Waals surface area contributed by atoms with E-state index in [4.69, 9.17) is 11.6 Å². The lowest BCUT2D eigenvalue weighted by Gasteiger charge is -2.44. The van der Waals surface area contributed by atoms with Gasteiger partial charge in [0.2, 0.25) is 0 Å². The van der Waals surface area contributed by atoms with Crippen molar-refractivity contribution in [2.75, 3.05) is 19.6 Å². The van der Waals surface area contributed by atoms with E-state index in [2.05, 4.69) is 10.2 Å².